The van der Waals surface area contributed by atoms with Crippen LogP contribution in [0.25, 0.3) is 16.6 Å². The number of pyridine rings is 1. The molecule has 1 unspecified atom stereocenters. The van der Waals surface area contributed by atoms with Crippen LogP contribution in [0.1, 0.15) is 24.5 Å². The lowest BCUT2D eigenvalue weighted by atomic mass is 10.2. The molecule has 4 rings (SSSR count). The average Bonchev–Trinajstić information content (AvgIpc) is 3.21. The van der Waals surface area contributed by atoms with Crippen molar-refractivity contribution in [3.8, 4) is 0 Å². The van der Waals surface area contributed by atoms with Gasteiger partial charge in [-0.05, 0) is 26.0 Å². The molecule has 0 aliphatic heterocycles. The van der Waals surface area contributed by atoms with Crippen molar-refractivity contribution in [3.63, 3.8) is 0 Å². The van der Waals surface area contributed by atoms with E-state index < -0.39 is 0 Å². The highest BCUT2D eigenvalue weighted by molar-refractivity contribution is 5.82. The summed E-state index contributed by atoms with van der Waals surface area (Å²) in [5, 5.41) is 7.11. The maximum Gasteiger partial charge on any atom is 0.291 e. The third-order valence-corrected chi connectivity index (χ3v) is 4.27. The number of rotatable bonds is 4. The van der Waals surface area contributed by atoms with Crippen LogP contribution in [0.15, 0.2) is 52.0 Å². The summed E-state index contributed by atoms with van der Waals surface area (Å²) >= 11 is 0. The highest BCUT2D eigenvalue weighted by atomic mass is 16.3. The van der Waals surface area contributed by atoms with Crippen molar-refractivity contribution < 1.29 is 9.21 Å². The van der Waals surface area contributed by atoms with Crippen LogP contribution in [-0.4, -0.2) is 25.1 Å². The van der Waals surface area contributed by atoms with Crippen LogP contribution in [0.4, 0.5) is 0 Å². The molecule has 0 spiro atoms. The summed E-state index contributed by atoms with van der Waals surface area (Å²) in [6.45, 7) is 3.45. The second-order valence-electron chi connectivity index (χ2n) is 6.09. The minimum atomic E-state index is -0.345. The zero-order valence-corrected chi connectivity index (χ0v) is 14.3. The van der Waals surface area contributed by atoms with Crippen LogP contribution in [0.5, 0.6) is 0 Å². The van der Waals surface area contributed by atoms with E-state index in [0.717, 1.165) is 11.2 Å². The van der Waals surface area contributed by atoms with Crippen molar-refractivity contribution in [1.29, 1.82) is 0 Å². The molecule has 4 heterocycles. The first-order valence-corrected chi connectivity index (χ1v) is 8.21. The van der Waals surface area contributed by atoms with E-state index in [1.807, 2.05) is 25.1 Å². The van der Waals surface area contributed by atoms with Gasteiger partial charge in [-0.15, -0.1) is 0 Å². The Hall–Kier alpha value is -3.42. The minimum Gasteiger partial charge on any atom is -0.463 e. The van der Waals surface area contributed by atoms with Gasteiger partial charge in [-0.1, -0.05) is 6.07 Å². The van der Waals surface area contributed by atoms with Crippen molar-refractivity contribution in [2.45, 2.75) is 26.4 Å². The van der Waals surface area contributed by atoms with Crippen LogP contribution < -0.4 is 10.9 Å². The molecule has 0 bridgehead atoms. The van der Waals surface area contributed by atoms with Crippen LogP contribution in [0, 0.1) is 6.92 Å². The van der Waals surface area contributed by atoms with Gasteiger partial charge in [-0.3, -0.25) is 19.0 Å². The number of aromatic nitrogens is 4. The zero-order valence-electron chi connectivity index (χ0n) is 14.3. The molecule has 8 nitrogen and oxygen atoms in total. The Kier molecular flexibility index (Phi) is 3.80. The van der Waals surface area contributed by atoms with Gasteiger partial charge in [-0.25, -0.2) is 4.68 Å². The maximum absolute atomic E-state index is 12.7. The summed E-state index contributed by atoms with van der Waals surface area (Å²) in [5.41, 5.74) is 2.22. The highest BCUT2D eigenvalue weighted by Gasteiger charge is 2.16. The van der Waals surface area contributed by atoms with E-state index in [9.17, 15) is 9.59 Å². The fourth-order valence-electron chi connectivity index (χ4n) is 3.06. The molecule has 0 saturated heterocycles. The molecule has 4 aromatic rings. The second-order valence-corrected chi connectivity index (χ2v) is 6.09. The number of nitrogens with zero attached hydrogens (tertiary/aromatic N) is 4. The molecule has 1 amide bonds. The number of furan rings is 1. The van der Waals surface area contributed by atoms with Gasteiger partial charge in [0.1, 0.15) is 17.9 Å². The van der Waals surface area contributed by atoms with Gasteiger partial charge >= 0.3 is 0 Å². The summed E-state index contributed by atoms with van der Waals surface area (Å²) in [4.78, 5) is 29.3. The van der Waals surface area contributed by atoms with Crippen molar-refractivity contribution in [1.82, 2.24) is 24.5 Å². The molecule has 0 aromatic carbocycles. The van der Waals surface area contributed by atoms with Crippen molar-refractivity contribution >= 4 is 22.5 Å². The minimum absolute atomic E-state index is 0.167. The molecular weight excluding hydrogens is 334 g/mol. The van der Waals surface area contributed by atoms with E-state index in [4.69, 9.17) is 4.42 Å². The number of carbonyl (C=O) groups is 1. The first kappa shape index (κ1) is 16.1. The maximum atomic E-state index is 12.7. The number of amides is 1. The molecule has 0 saturated carbocycles. The Morgan fingerprint density at radius 3 is 2.92 bits per heavy atom. The number of carbonyl (C=O) groups excluding carboxylic acids is 1. The van der Waals surface area contributed by atoms with E-state index in [-0.39, 0.29) is 24.1 Å². The molecule has 0 radical (unpaired) electrons. The number of nitrogens with one attached hydrogen (secondary N) is 1. The lowest BCUT2D eigenvalue weighted by molar-refractivity contribution is -0.122. The number of aryl methyl sites for hydroxylation is 1. The second kappa shape index (κ2) is 6.14. The van der Waals surface area contributed by atoms with E-state index in [1.165, 1.54) is 4.68 Å². The van der Waals surface area contributed by atoms with E-state index in [1.54, 1.807) is 35.9 Å². The first-order chi connectivity index (χ1) is 12.5. The van der Waals surface area contributed by atoms with Gasteiger partial charge in [0.25, 0.3) is 5.56 Å². The summed E-state index contributed by atoms with van der Waals surface area (Å²) in [7, 11) is 0. The molecule has 132 valence electrons. The molecule has 0 fully saturated rings. The van der Waals surface area contributed by atoms with E-state index >= 15 is 0 Å². The predicted molar refractivity (Wildman–Crippen MR) is 94.8 cm³/mol. The summed E-state index contributed by atoms with van der Waals surface area (Å²) in [5.74, 6) is 0.290. The molecular formula is C18H17N5O3. The highest BCUT2D eigenvalue weighted by Crippen LogP contribution is 2.19. The third kappa shape index (κ3) is 2.65. The Labute approximate surface area is 148 Å². The predicted octanol–water partition coefficient (Wildman–Crippen LogP) is 1.82. The van der Waals surface area contributed by atoms with Gasteiger partial charge in [0.15, 0.2) is 5.58 Å². The van der Waals surface area contributed by atoms with Crippen LogP contribution in [-0.2, 0) is 11.3 Å². The lowest BCUT2D eigenvalue weighted by Gasteiger charge is -2.14. The number of hydrogen-bond acceptors (Lipinski definition) is 5. The fraction of sp³-hybridized carbons (Fsp3) is 0.222. The molecule has 0 aliphatic rings. The molecule has 1 N–H and O–H groups in total. The smallest absolute Gasteiger partial charge is 0.291 e. The third-order valence-electron chi connectivity index (χ3n) is 4.27. The van der Waals surface area contributed by atoms with Gasteiger partial charge in [0.05, 0.1) is 23.5 Å². The van der Waals surface area contributed by atoms with E-state index in [2.05, 4.69) is 15.4 Å². The van der Waals surface area contributed by atoms with Crippen LogP contribution in [0.2, 0.25) is 0 Å². The summed E-state index contributed by atoms with van der Waals surface area (Å²) in [6, 6.07) is 8.68. The summed E-state index contributed by atoms with van der Waals surface area (Å²) < 4.78 is 8.25. The van der Waals surface area contributed by atoms with Crippen molar-refractivity contribution in [2.75, 3.05) is 0 Å². The van der Waals surface area contributed by atoms with Gasteiger partial charge < -0.3 is 9.73 Å². The molecule has 1 atom stereocenters. The van der Waals surface area contributed by atoms with Crippen molar-refractivity contribution in [2.24, 2.45) is 0 Å². The Bertz CT molecular complexity index is 1160. The number of fused-ring (bicyclic) bond motifs is 3. The normalized spacial score (nSPS) is 12.5. The molecule has 4 aromatic heterocycles. The summed E-state index contributed by atoms with van der Waals surface area (Å²) in [6.07, 6.45) is 3.23. The topological polar surface area (TPSA) is 94.4 Å². The zero-order chi connectivity index (χ0) is 18.3. The number of hydrogen-bond donors (Lipinski definition) is 1. The molecule has 8 heteroatoms. The first-order valence-electron chi connectivity index (χ1n) is 8.21. The quantitative estimate of drug-likeness (QED) is 0.605. The average molecular weight is 351 g/mol. The largest absolute Gasteiger partial charge is 0.463 e. The molecule has 0 aliphatic carbocycles. The van der Waals surface area contributed by atoms with Crippen molar-refractivity contribution in [3.05, 3.63) is 64.7 Å². The molecule has 26 heavy (non-hydrogen) atoms. The standard InChI is InChI=1S/C18H17N5O3/c1-11(13-5-3-4-7-19-13)20-17(24)10-22-18(25)15-9-16-14(6-8-26-16)23(15)12(2)21-22/h3-9,11H,10H2,1-2H3,(H,20,24). The van der Waals surface area contributed by atoms with Crippen LogP contribution >= 0.6 is 0 Å². The monoisotopic (exact) mass is 351 g/mol. The van der Waals surface area contributed by atoms with Gasteiger partial charge in [0, 0.05) is 18.3 Å². The Morgan fingerprint density at radius 1 is 1.31 bits per heavy atom. The Morgan fingerprint density at radius 2 is 2.15 bits per heavy atom. The fourth-order valence-corrected chi connectivity index (χ4v) is 3.06. The Balaban J connectivity index is 1.62. The van der Waals surface area contributed by atoms with E-state index in [0.29, 0.717) is 16.9 Å². The SMILES string of the molecule is Cc1nn(CC(=O)NC(C)c2ccccn2)c(=O)c2cc3occc3n12. The lowest BCUT2D eigenvalue weighted by Crippen LogP contribution is -2.36. The van der Waals surface area contributed by atoms with Gasteiger partial charge in [0.2, 0.25) is 5.91 Å². The van der Waals surface area contributed by atoms with Crippen LogP contribution in [0.3, 0.4) is 0 Å². The van der Waals surface area contributed by atoms with Gasteiger partial charge in [-0.2, -0.15) is 5.10 Å².